The van der Waals surface area contributed by atoms with Gasteiger partial charge in [-0.25, -0.2) is 13.8 Å². The molecule has 4 N–H and O–H groups in total. The summed E-state index contributed by atoms with van der Waals surface area (Å²) in [5.74, 6) is -3.33. The first-order valence-electron chi connectivity index (χ1n) is 11.5. The lowest BCUT2D eigenvalue weighted by molar-refractivity contribution is -0.118. The fourth-order valence-electron chi connectivity index (χ4n) is 4.17. The van der Waals surface area contributed by atoms with Gasteiger partial charge >= 0.3 is 0 Å². The Hall–Kier alpha value is -4.64. The van der Waals surface area contributed by atoms with Crippen LogP contribution in [0.25, 0.3) is 21.5 Å². The van der Waals surface area contributed by atoms with E-state index in [1.54, 1.807) is 12.3 Å². The third-order valence-electron chi connectivity index (χ3n) is 6.00. The molecule has 2 amide bonds. The highest BCUT2D eigenvalue weighted by atomic mass is 32.1. The van der Waals surface area contributed by atoms with Crippen LogP contribution in [0.3, 0.4) is 0 Å². The molecule has 4 aromatic heterocycles. The summed E-state index contributed by atoms with van der Waals surface area (Å²) >= 11 is 1.38. The molecule has 0 fully saturated rings. The number of carbonyl (C=O) groups excluding carboxylic acids is 2. The lowest BCUT2D eigenvalue weighted by Gasteiger charge is -2.16. The number of amides is 2. The Kier molecular flexibility index (Phi) is 6.84. The van der Waals surface area contributed by atoms with E-state index in [-0.39, 0.29) is 18.5 Å². The predicted octanol–water partition coefficient (Wildman–Crippen LogP) is 4.13. The van der Waals surface area contributed by atoms with Gasteiger partial charge in [-0.05, 0) is 54.1 Å². The van der Waals surface area contributed by atoms with Gasteiger partial charge < -0.3 is 20.6 Å². The van der Waals surface area contributed by atoms with E-state index in [0.717, 1.165) is 33.6 Å². The second-order valence-electron chi connectivity index (χ2n) is 8.60. The van der Waals surface area contributed by atoms with Crippen LogP contribution in [0.5, 0.6) is 0 Å². The maximum Gasteiger partial charge on any atom is 0.263 e. The zero-order chi connectivity index (χ0) is 26.8. The molecule has 0 aliphatic rings. The van der Waals surface area contributed by atoms with Crippen LogP contribution in [0.1, 0.15) is 33.3 Å². The molecule has 38 heavy (non-hydrogen) atoms. The highest BCUT2D eigenvalue weighted by Gasteiger charge is 2.23. The molecule has 5 aromatic rings. The number of aromatic nitrogens is 3. The molecule has 0 unspecified atom stereocenters. The average molecular weight is 534 g/mol. The minimum atomic E-state index is -1.03. The third kappa shape index (κ3) is 5.09. The summed E-state index contributed by atoms with van der Waals surface area (Å²) in [4.78, 5) is 47.0. The van der Waals surface area contributed by atoms with Gasteiger partial charge in [0.05, 0.1) is 19.0 Å². The van der Waals surface area contributed by atoms with Crippen LogP contribution in [-0.4, -0.2) is 26.3 Å². The smallest absolute Gasteiger partial charge is 0.263 e. The molecule has 0 aliphatic carbocycles. The van der Waals surface area contributed by atoms with Gasteiger partial charge in [0.25, 0.3) is 11.5 Å². The Morgan fingerprint density at radius 3 is 2.74 bits per heavy atom. The van der Waals surface area contributed by atoms with E-state index in [2.05, 4.69) is 15.3 Å². The lowest BCUT2D eigenvalue weighted by atomic mass is 10.1. The van der Waals surface area contributed by atoms with Crippen molar-refractivity contribution in [1.82, 2.24) is 19.9 Å². The van der Waals surface area contributed by atoms with Crippen LogP contribution in [0, 0.1) is 11.6 Å². The van der Waals surface area contributed by atoms with Crippen LogP contribution in [0.2, 0.25) is 0 Å². The standard InChI is InChI=1S/C27H21F2N5O3S/c28-19-6-5-15(11-20(19)29)14-34-10-2-4-17(27(34)37)26(36)33-21(12-24(30)35)23-8-7-22(38-23)18-13-32-25-16(18)3-1-9-31-25/h1-11,13,21H,12,14H2,(H2,30,35)(H,31,32)(H,33,36)/t21-/m1/s1. The number of carbonyl (C=O) groups is 2. The monoisotopic (exact) mass is 533 g/mol. The highest BCUT2D eigenvalue weighted by molar-refractivity contribution is 7.15. The second kappa shape index (κ2) is 10.4. The van der Waals surface area contributed by atoms with Crippen LogP contribution < -0.4 is 16.6 Å². The maximum absolute atomic E-state index is 13.6. The molecule has 1 aromatic carbocycles. The molecule has 0 aliphatic heterocycles. The van der Waals surface area contributed by atoms with Gasteiger partial charge in [-0.3, -0.25) is 14.4 Å². The first-order chi connectivity index (χ1) is 18.3. The number of rotatable bonds is 8. The third-order valence-corrected chi connectivity index (χ3v) is 7.23. The first kappa shape index (κ1) is 25.0. The summed E-state index contributed by atoms with van der Waals surface area (Å²) in [5, 5.41) is 3.69. The molecule has 0 saturated heterocycles. The second-order valence-corrected chi connectivity index (χ2v) is 9.72. The maximum atomic E-state index is 13.6. The molecule has 0 saturated carbocycles. The topological polar surface area (TPSA) is 123 Å². The van der Waals surface area contributed by atoms with E-state index in [4.69, 9.17) is 5.73 Å². The number of H-pyrrole nitrogens is 1. The summed E-state index contributed by atoms with van der Waals surface area (Å²) in [7, 11) is 0. The predicted molar refractivity (Wildman–Crippen MR) is 140 cm³/mol. The van der Waals surface area contributed by atoms with Crippen molar-refractivity contribution in [2.75, 3.05) is 0 Å². The zero-order valence-corrected chi connectivity index (χ0v) is 20.6. The molecule has 0 bridgehead atoms. The van der Waals surface area contributed by atoms with Crippen molar-refractivity contribution in [1.29, 1.82) is 0 Å². The number of thiophene rings is 1. The van der Waals surface area contributed by atoms with Crippen LogP contribution in [0.15, 0.2) is 78.0 Å². The van der Waals surface area contributed by atoms with E-state index in [1.165, 1.54) is 40.3 Å². The number of pyridine rings is 2. The van der Waals surface area contributed by atoms with Gasteiger partial charge in [-0.15, -0.1) is 11.3 Å². The van der Waals surface area contributed by atoms with E-state index in [9.17, 15) is 23.2 Å². The van der Waals surface area contributed by atoms with Crippen LogP contribution >= 0.6 is 11.3 Å². The van der Waals surface area contributed by atoms with Crippen molar-refractivity contribution in [3.63, 3.8) is 0 Å². The van der Waals surface area contributed by atoms with Gasteiger partial charge in [0.2, 0.25) is 5.91 Å². The fourth-order valence-corrected chi connectivity index (χ4v) is 5.26. The number of primary amides is 1. The number of nitrogens with zero attached hydrogens (tertiary/aromatic N) is 2. The number of halogens is 2. The Labute approximate surface area is 218 Å². The van der Waals surface area contributed by atoms with Gasteiger partial charge in [0, 0.05) is 39.3 Å². The molecular weight excluding hydrogens is 512 g/mol. The van der Waals surface area contributed by atoms with Crippen molar-refractivity contribution in [3.8, 4) is 10.4 Å². The van der Waals surface area contributed by atoms with Crippen molar-refractivity contribution >= 4 is 34.2 Å². The molecule has 5 rings (SSSR count). The Bertz CT molecular complexity index is 1730. The zero-order valence-electron chi connectivity index (χ0n) is 19.8. The first-order valence-corrected chi connectivity index (χ1v) is 12.4. The van der Waals surface area contributed by atoms with Gasteiger partial charge in [0.1, 0.15) is 11.2 Å². The van der Waals surface area contributed by atoms with Gasteiger partial charge in [-0.1, -0.05) is 6.07 Å². The Morgan fingerprint density at radius 2 is 1.95 bits per heavy atom. The van der Waals surface area contributed by atoms with Crippen molar-refractivity contribution in [2.24, 2.45) is 5.73 Å². The van der Waals surface area contributed by atoms with Crippen molar-refractivity contribution in [3.05, 3.63) is 111 Å². The van der Waals surface area contributed by atoms with Gasteiger partial charge in [0.15, 0.2) is 11.6 Å². The number of fused-ring (bicyclic) bond motifs is 1. The summed E-state index contributed by atoms with van der Waals surface area (Å²) < 4.78 is 28.1. The van der Waals surface area contributed by atoms with E-state index in [0.29, 0.717) is 10.4 Å². The van der Waals surface area contributed by atoms with Gasteiger partial charge in [-0.2, -0.15) is 0 Å². The van der Waals surface area contributed by atoms with Crippen LogP contribution in [-0.2, 0) is 11.3 Å². The van der Waals surface area contributed by atoms with E-state index < -0.39 is 35.0 Å². The molecule has 8 nitrogen and oxygen atoms in total. The summed E-state index contributed by atoms with van der Waals surface area (Å²) in [6, 6.07) is 12.9. The minimum Gasteiger partial charge on any atom is -0.370 e. The normalized spacial score (nSPS) is 11.9. The highest BCUT2D eigenvalue weighted by Crippen LogP contribution is 2.36. The summed E-state index contributed by atoms with van der Waals surface area (Å²) in [5.41, 5.74) is 6.70. The van der Waals surface area contributed by atoms with Crippen molar-refractivity contribution < 1.29 is 18.4 Å². The number of nitrogens with one attached hydrogen (secondary N) is 2. The van der Waals surface area contributed by atoms with Crippen molar-refractivity contribution in [2.45, 2.75) is 19.0 Å². The number of benzene rings is 1. The lowest BCUT2D eigenvalue weighted by Crippen LogP contribution is -2.36. The molecule has 4 heterocycles. The molecule has 0 radical (unpaired) electrons. The Morgan fingerprint density at radius 1 is 1.11 bits per heavy atom. The molecule has 0 spiro atoms. The van der Waals surface area contributed by atoms with E-state index >= 15 is 0 Å². The summed E-state index contributed by atoms with van der Waals surface area (Å²) in [6.07, 6.45) is 4.81. The fraction of sp³-hybridized carbons (Fsp3) is 0.111. The largest absolute Gasteiger partial charge is 0.370 e. The molecular formula is C27H21F2N5O3S. The minimum absolute atomic E-state index is 0.0599. The molecule has 11 heteroatoms. The SMILES string of the molecule is NC(=O)C[C@@H](NC(=O)c1cccn(Cc2ccc(F)c(F)c2)c1=O)c1ccc(-c2c[nH]c3ncccc23)s1. The molecule has 1 atom stereocenters. The average Bonchev–Trinajstić information content (AvgIpc) is 3.54. The number of hydrogen-bond donors (Lipinski definition) is 3. The summed E-state index contributed by atoms with van der Waals surface area (Å²) in [6.45, 7) is -0.0599. The van der Waals surface area contributed by atoms with E-state index in [1.807, 2.05) is 24.4 Å². The van der Waals surface area contributed by atoms with Crippen LogP contribution in [0.4, 0.5) is 8.78 Å². The Balaban J connectivity index is 1.40. The quantitative estimate of drug-likeness (QED) is 0.278. The number of nitrogens with two attached hydrogens (primary N) is 1. The number of aromatic amines is 1. The number of hydrogen-bond acceptors (Lipinski definition) is 5. The molecule has 192 valence electrons.